The second-order valence-electron chi connectivity index (χ2n) is 5.85. The highest BCUT2D eigenvalue weighted by molar-refractivity contribution is 5.74. The van der Waals surface area contributed by atoms with E-state index in [4.69, 9.17) is 9.25 Å². The molecule has 4 nitrogen and oxygen atoms in total. The minimum atomic E-state index is -0.0987. The van der Waals surface area contributed by atoms with Gasteiger partial charge in [-0.3, -0.25) is 9.63 Å². The number of hydrogen-bond acceptors (Lipinski definition) is 3. The number of carbonyl (C=O) groups excluding carboxylic acids is 1. The molecule has 1 aliphatic carbocycles. The Morgan fingerprint density at radius 3 is 2.89 bits per heavy atom. The topological polar surface area (TPSA) is 51.5 Å². The fourth-order valence-electron chi connectivity index (χ4n) is 2.02. The molecule has 0 aromatic carbocycles. The van der Waals surface area contributed by atoms with Crippen LogP contribution in [0, 0.1) is 11.8 Å². The van der Waals surface area contributed by atoms with Gasteiger partial charge >= 0.3 is 0 Å². The molecule has 0 saturated heterocycles. The molecule has 1 N–H and O–H groups in total. The van der Waals surface area contributed by atoms with E-state index < -0.39 is 0 Å². The van der Waals surface area contributed by atoms with Crippen LogP contribution in [-0.2, 0) is 16.1 Å². The van der Waals surface area contributed by atoms with E-state index in [2.05, 4.69) is 12.4 Å². The summed E-state index contributed by atoms with van der Waals surface area (Å²) in [7, 11) is 0. The van der Waals surface area contributed by atoms with Crippen LogP contribution in [0.15, 0.2) is 16.5 Å². The molecule has 1 saturated carbocycles. The SMILES string of the molecule is CC(C)CONC(=O)CCc1ccc(C2CC2C)o1. The first-order valence-electron chi connectivity index (χ1n) is 7.05. The Balaban J connectivity index is 1.67. The summed E-state index contributed by atoms with van der Waals surface area (Å²) in [5.74, 6) is 3.60. The van der Waals surface area contributed by atoms with E-state index in [1.807, 2.05) is 26.0 Å². The lowest BCUT2D eigenvalue weighted by Crippen LogP contribution is -2.25. The van der Waals surface area contributed by atoms with E-state index in [9.17, 15) is 4.79 Å². The summed E-state index contributed by atoms with van der Waals surface area (Å²) in [6.45, 7) is 6.84. The number of amides is 1. The molecule has 1 aromatic heterocycles. The van der Waals surface area contributed by atoms with Crippen molar-refractivity contribution in [2.45, 2.75) is 46.0 Å². The Kier molecular flexibility index (Phi) is 4.64. The van der Waals surface area contributed by atoms with Crippen molar-refractivity contribution in [2.75, 3.05) is 6.61 Å². The van der Waals surface area contributed by atoms with Crippen LogP contribution in [0.5, 0.6) is 0 Å². The highest BCUT2D eigenvalue weighted by atomic mass is 16.6. The maximum absolute atomic E-state index is 11.5. The third kappa shape index (κ3) is 4.39. The van der Waals surface area contributed by atoms with Gasteiger partial charge in [0, 0.05) is 18.8 Å². The Labute approximate surface area is 114 Å². The van der Waals surface area contributed by atoms with Crippen molar-refractivity contribution in [1.82, 2.24) is 5.48 Å². The summed E-state index contributed by atoms with van der Waals surface area (Å²) in [5.41, 5.74) is 2.45. The largest absolute Gasteiger partial charge is 0.466 e. The third-order valence-electron chi connectivity index (χ3n) is 3.36. The Hall–Kier alpha value is -1.29. The molecule has 0 bridgehead atoms. The number of hydrogen-bond donors (Lipinski definition) is 1. The number of aryl methyl sites for hydroxylation is 1. The molecular formula is C15H23NO3. The van der Waals surface area contributed by atoms with Crippen molar-refractivity contribution in [2.24, 2.45) is 11.8 Å². The van der Waals surface area contributed by atoms with Crippen LogP contribution in [0.3, 0.4) is 0 Å². The van der Waals surface area contributed by atoms with Gasteiger partial charge in [-0.25, -0.2) is 5.48 Å². The minimum Gasteiger partial charge on any atom is -0.466 e. The lowest BCUT2D eigenvalue weighted by atomic mass is 10.2. The zero-order valence-electron chi connectivity index (χ0n) is 11.9. The molecule has 0 radical (unpaired) electrons. The predicted octanol–water partition coefficient (Wildman–Crippen LogP) is 3.04. The third-order valence-corrected chi connectivity index (χ3v) is 3.36. The summed E-state index contributed by atoms with van der Waals surface area (Å²) >= 11 is 0. The van der Waals surface area contributed by atoms with Crippen LogP contribution >= 0.6 is 0 Å². The van der Waals surface area contributed by atoms with Gasteiger partial charge in [-0.05, 0) is 30.4 Å². The van der Waals surface area contributed by atoms with E-state index in [-0.39, 0.29) is 5.91 Å². The lowest BCUT2D eigenvalue weighted by molar-refractivity contribution is -0.134. The van der Waals surface area contributed by atoms with Crippen molar-refractivity contribution in [3.63, 3.8) is 0 Å². The number of carbonyl (C=O) groups is 1. The first kappa shape index (κ1) is 14.1. The zero-order chi connectivity index (χ0) is 13.8. The lowest BCUT2D eigenvalue weighted by Gasteiger charge is -2.07. The summed E-state index contributed by atoms with van der Waals surface area (Å²) in [6, 6.07) is 4.01. The maximum Gasteiger partial charge on any atom is 0.243 e. The fourth-order valence-corrected chi connectivity index (χ4v) is 2.02. The average molecular weight is 265 g/mol. The van der Waals surface area contributed by atoms with Gasteiger partial charge in [-0.1, -0.05) is 20.8 Å². The quantitative estimate of drug-likeness (QED) is 0.771. The van der Waals surface area contributed by atoms with Crippen molar-refractivity contribution in [3.05, 3.63) is 23.7 Å². The number of furan rings is 1. The molecule has 2 atom stereocenters. The monoisotopic (exact) mass is 265 g/mol. The second kappa shape index (κ2) is 6.24. The Morgan fingerprint density at radius 2 is 2.26 bits per heavy atom. The summed E-state index contributed by atoms with van der Waals surface area (Å²) in [4.78, 5) is 16.6. The maximum atomic E-state index is 11.5. The normalized spacial score (nSPS) is 21.7. The molecule has 1 aliphatic rings. The van der Waals surface area contributed by atoms with Crippen LogP contribution in [-0.4, -0.2) is 12.5 Å². The van der Waals surface area contributed by atoms with Gasteiger partial charge in [0.25, 0.3) is 0 Å². The van der Waals surface area contributed by atoms with Gasteiger partial charge < -0.3 is 4.42 Å². The van der Waals surface area contributed by atoms with Crippen LogP contribution in [0.25, 0.3) is 0 Å². The average Bonchev–Trinajstić information content (AvgIpc) is 2.90. The highest BCUT2D eigenvalue weighted by Gasteiger charge is 2.36. The van der Waals surface area contributed by atoms with E-state index in [0.29, 0.717) is 31.3 Å². The van der Waals surface area contributed by atoms with E-state index >= 15 is 0 Å². The van der Waals surface area contributed by atoms with Crippen LogP contribution in [0.4, 0.5) is 0 Å². The second-order valence-corrected chi connectivity index (χ2v) is 5.85. The van der Waals surface area contributed by atoms with Gasteiger partial charge in [0.05, 0.1) is 6.61 Å². The summed E-state index contributed by atoms with van der Waals surface area (Å²) in [5, 5.41) is 0. The summed E-state index contributed by atoms with van der Waals surface area (Å²) in [6.07, 6.45) is 2.24. The molecule has 1 heterocycles. The molecule has 0 aliphatic heterocycles. The van der Waals surface area contributed by atoms with E-state index in [1.54, 1.807) is 0 Å². The van der Waals surface area contributed by atoms with Crippen molar-refractivity contribution in [1.29, 1.82) is 0 Å². The number of hydroxylamine groups is 1. The molecule has 1 amide bonds. The Morgan fingerprint density at radius 1 is 1.53 bits per heavy atom. The smallest absolute Gasteiger partial charge is 0.243 e. The van der Waals surface area contributed by atoms with Crippen molar-refractivity contribution >= 4 is 5.91 Å². The predicted molar refractivity (Wildman–Crippen MR) is 72.5 cm³/mol. The molecular weight excluding hydrogens is 242 g/mol. The molecule has 1 aromatic rings. The van der Waals surface area contributed by atoms with Crippen LogP contribution in [0.2, 0.25) is 0 Å². The highest BCUT2D eigenvalue weighted by Crippen LogP contribution is 2.47. The van der Waals surface area contributed by atoms with E-state index in [1.165, 1.54) is 6.42 Å². The standard InChI is InChI=1S/C15H23NO3/c1-10(2)9-18-16-15(17)7-5-12-4-6-14(19-12)13-8-11(13)3/h4,6,10-11,13H,5,7-9H2,1-3H3,(H,16,17). The van der Waals surface area contributed by atoms with E-state index in [0.717, 1.165) is 17.4 Å². The molecule has 19 heavy (non-hydrogen) atoms. The van der Waals surface area contributed by atoms with Gasteiger partial charge in [0.2, 0.25) is 5.91 Å². The van der Waals surface area contributed by atoms with Crippen LogP contribution in [0.1, 0.15) is 51.1 Å². The first-order chi connectivity index (χ1) is 9.06. The minimum absolute atomic E-state index is 0.0987. The number of nitrogens with one attached hydrogen (secondary N) is 1. The Bertz CT molecular complexity index is 425. The molecule has 4 heteroatoms. The van der Waals surface area contributed by atoms with Gasteiger partial charge in [0.15, 0.2) is 0 Å². The zero-order valence-corrected chi connectivity index (χ0v) is 11.9. The van der Waals surface area contributed by atoms with Crippen LogP contribution < -0.4 is 5.48 Å². The summed E-state index contributed by atoms with van der Waals surface area (Å²) < 4.78 is 5.75. The molecule has 2 unspecified atom stereocenters. The number of rotatable bonds is 7. The van der Waals surface area contributed by atoms with Crippen molar-refractivity contribution in [3.8, 4) is 0 Å². The van der Waals surface area contributed by atoms with Crippen molar-refractivity contribution < 1.29 is 14.0 Å². The molecule has 1 fully saturated rings. The molecule has 2 rings (SSSR count). The molecule has 0 spiro atoms. The van der Waals surface area contributed by atoms with Gasteiger partial charge in [0.1, 0.15) is 11.5 Å². The van der Waals surface area contributed by atoms with Gasteiger partial charge in [-0.15, -0.1) is 0 Å². The fraction of sp³-hybridized carbons (Fsp3) is 0.667. The van der Waals surface area contributed by atoms with Gasteiger partial charge in [-0.2, -0.15) is 0 Å². The molecule has 106 valence electrons. The first-order valence-corrected chi connectivity index (χ1v) is 7.05.